The van der Waals surface area contributed by atoms with E-state index in [1.807, 2.05) is 24.3 Å². The van der Waals surface area contributed by atoms with Crippen LogP contribution < -0.4 is 4.74 Å². The lowest BCUT2D eigenvalue weighted by molar-refractivity contribution is -0.147. The van der Waals surface area contributed by atoms with Crippen LogP contribution in [0.15, 0.2) is 28.7 Å². The Morgan fingerprint density at radius 2 is 2.00 bits per heavy atom. The first-order valence-electron chi connectivity index (χ1n) is 4.89. The molecule has 1 aromatic rings. The third-order valence-electron chi connectivity index (χ3n) is 1.99. The van der Waals surface area contributed by atoms with Crippen molar-refractivity contribution in [3.05, 3.63) is 28.7 Å². The fraction of sp³-hybridized carbons (Fsp3) is 0.364. The molecule has 0 spiro atoms. The van der Waals surface area contributed by atoms with Crippen molar-refractivity contribution in [1.29, 1.82) is 0 Å². The number of carboxylic acids is 1. The molecule has 16 heavy (non-hydrogen) atoms. The van der Waals surface area contributed by atoms with Gasteiger partial charge in [-0.1, -0.05) is 15.9 Å². The van der Waals surface area contributed by atoms with Gasteiger partial charge >= 0.3 is 5.97 Å². The molecule has 5 heteroatoms. The maximum atomic E-state index is 10.3. The zero-order chi connectivity index (χ0) is 12.0. The van der Waals surface area contributed by atoms with Crippen molar-refractivity contribution < 1.29 is 19.7 Å². The minimum atomic E-state index is -1.30. The highest BCUT2D eigenvalue weighted by Crippen LogP contribution is 2.16. The van der Waals surface area contributed by atoms with Crippen molar-refractivity contribution in [2.24, 2.45) is 0 Å². The van der Waals surface area contributed by atoms with Crippen LogP contribution in [0.25, 0.3) is 0 Å². The van der Waals surface area contributed by atoms with E-state index < -0.39 is 12.1 Å². The van der Waals surface area contributed by atoms with E-state index >= 15 is 0 Å². The summed E-state index contributed by atoms with van der Waals surface area (Å²) in [5, 5.41) is 17.4. The number of hydrogen-bond donors (Lipinski definition) is 2. The fourth-order valence-electron chi connectivity index (χ4n) is 1.12. The molecule has 1 rings (SSSR count). The Balaban J connectivity index is 2.21. The predicted molar refractivity (Wildman–Crippen MR) is 62.5 cm³/mol. The van der Waals surface area contributed by atoms with E-state index in [-0.39, 0.29) is 6.42 Å². The summed E-state index contributed by atoms with van der Waals surface area (Å²) in [7, 11) is 0. The molecule has 0 bridgehead atoms. The Bertz CT molecular complexity index is 336. The molecule has 0 aliphatic rings. The molecule has 88 valence electrons. The van der Waals surface area contributed by atoms with Crippen LogP contribution in [0.4, 0.5) is 0 Å². The van der Waals surface area contributed by atoms with E-state index in [4.69, 9.17) is 14.9 Å². The molecule has 0 aromatic heterocycles. The number of ether oxygens (including phenoxy) is 1. The monoisotopic (exact) mass is 288 g/mol. The first kappa shape index (κ1) is 13.0. The van der Waals surface area contributed by atoms with Crippen LogP contribution in [-0.2, 0) is 4.79 Å². The van der Waals surface area contributed by atoms with Crippen LogP contribution in [0.3, 0.4) is 0 Å². The van der Waals surface area contributed by atoms with E-state index in [0.717, 1.165) is 10.2 Å². The van der Waals surface area contributed by atoms with Gasteiger partial charge in [-0.05, 0) is 37.1 Å². The first-order valence-corrected chi connectivity index (χ1v) is 5.68. The molecule has 0 fully saturated rings. The van der Waals surface area contributed by atoms with Gasteiger partial charge in [0.1, 0.15) is 5.75 Å². The lowest BCUT2D eigenvalue weighted by Crippen LogP contribution is -2.19. The van der Waals surface area contributed by atoms with E-state index in [0.29, 0.717) is 13.0 Å². The maximum absolute atomic E-state index is 10.3. The van der Waals surface area contributed by atoms with Crippen LogP contribution in [0.5, 0.6) is 5.75 Å². The highest BCUT2D eigenvalue weighted by atomic mass is 79.9. The molecular formula is C11H13BrO4. The summed E-state index contributed by atoms with van der Waals surface area (Å²) in [5.41, 5.74) is 0. The Morgan fingerprint density at radius 3 is 2.56 bits per heavy atom. The van der Waals surface area contributed by atoms with Gasteiger partial charge < -0.3 is 14.9 Å². The number of hydrogen-bond acceptors (Lipinski definition) is 3. The maximum Gasteiger partial charge on any atom is 0.332 e. The fourth-order valence-corrected chi connectivity index (χ4v) is 1.39. The van der Waals surface area contributed by atoms with Crippen molar-refractivity contribution in [3.63, 3.8) is 0 Å². The summed E-state index contributed by atoms with van der Waals surface area (Å²) in [6.45, 7) is 0.395. The number of rotatable bonds is 6. The third-order valence-corrected chi connectivity index (χ3v) is 2.52. The molecule has 0 radical (unpaired) electrons. The Labute approximate surface area is 102 Å². The average molecular weight is 289 g/mol. The van der Waals surface area contributed by atoms with Gasteiger partial charge in [0.25, 0.3) is 0 Å². The molecule has 0 aliphatic heterocycles. The highest BCUT2D eigenvalue weighted by molar-refractivity contribution is 9.10. The first-order chi connectivity index (χ1) is 7.59. The van der Waals surface area contributed by atoms with Crippen LogP contribution in [0.2, 0.25) is 0 Å². The molecule has 0 aliphatic carbocycles. The Kier molecular flexibility index (Phi) is 5.28. The summed E-state index contributed by atoms with van der Waals surface area (Å²) in [5.74, 6) is -0.461. The normalized spacial score (nSPS) is 12.1. The molecule has 0 amide bonds. The van der Waals surface area contributed by atoms with Crippen LogP contribution in [0.1, 0.15) is 12.8 Å². The number of benzene rings is 1. The van der Waals surface area contributed by atoms with E-state index in [1.54, 1.807) is 0 Å². The number of carboxylic acid groups (broad SMARTS) is 1. The van der Waals surface area contributed by atoms with Crippen molar-refractivity contribution in [1.82, 2.24) is 0 Å². The average Bonchev–Trinajstić information content (AvgIpc) is 2.26. The van der Waals surface area contributed by atoms with Gasteiger partial charge in [0.2, 0.25) is 0 Å². The number of aliphatic hydroxyl groups excluding tert-OH is 1. The molecular weight excluding hydrogens is 276 g/mol. The third kappa shape index (κ3) is 4.63. The quantitative estimate of drug-likeness (QED) is 0.787. The second kappa shape index (κ2) is 6.50. The zero-order valence-corrected chi connectivity index (χ0v) is 10.2. The van der Waals surface area contributed by atoms with Gasteiger partial charge in [-0.25, -0.2) is 4.79 Å². The summed E-state index contributed by atoms with van der Waals surface area (Å²) in [6, 6.07) is 7.36. The molecule has 1 atom stereocenters. The predicted octanol–water partition coefficient (Wildman–Crippen LogP) is 2.05. The summed E-state index contributed by atoms with van der Waals surface area (Å²) < 4.78 is 6.34. The van der Waals surface area contributed by atoms with E-state index in [9.17, 15) is 4.79 Å². The smallest absolute Gasteiger partial charge is 0.332 e. The Hall–Kier alpha value is -1.07. The van der Waals surface area contributed by atoms with Crippen molar-refractivity contribution in [2.45, 2.75) is 18.9 Å². The van der Waals surface area contributed by atoms with Gasteiger partial charge in [-0.3, -0.25) is 0 Å². The number of aliphatic carboxylic acids is 1. The minimum absolute atomic E-state index is 0.200. The molecule has 1 aromatic carbocycles. The van der Waals surface area contributed by atoms with Gasteiger partial charge in [-0.15, -0.1) is 0 Å². The molecule has 0 heterocycles. The van der Waals surface area contributed by atoms with Gasteiger partial charge in [0.05, 0.1) is 6.61 Å². The second-order valence-corrected chi connectivity index (χ2v) is 4.21. The summed E-state index contributed by atoms with van der Waals surface area (Å²) in [4.78, 5) is 10.3. The molecule has 2 N–H and O–H groups in total. The van der Waals surface area contributed by atoms with Crippen molar-refractivity contribution >= 4 is 21.9 Å². The molecule has 0 unspecified atom stereocenters. The van der Waals surface area contributed by atoms with Crippen LogP contribution >= 0.6 is 15.9 Å². The van der Waals surface area contributed by atoms with Crippen molar-refractivity contribution in [3.8, 4) is 5.75 Å². The number of aliphatic hydroxyl groups is 1. The standard InChI is InChI=1S/C11H13BrO4/c12-8-3-5-9(6-4-8)16-7-1-2-10(13)11(14)15/h3-6,10,13H,1-2,7H2,(H,14,15)/t10-/m1/s1. The summed E-state index contributed by atoms with van der Waals surface area (Å²) in [6.07, 6.45) is -0.594. The largest absolute Gasteiger partial charge is 0.494 e. The topological polar surface area (TPSA) is 66.8 Å². The molecule has 0 saturated heterocycles. The van der Waals surface area contributed by atoms with E-state index in [1.165, 1.54) is 0 Å². The SMILES string of the molecule is O=C(O)[C@H](O)CCCOc1ccc(Br)cc1. The lowest BCUT2D eigenvalue weighted by atomic mass is 10.2. The molecule has 4 nitrogen and oxygen atoms in total. The number of halogens is 1. The van der Waals surface area contributed by atoms with Crippen molar-refractivity contribution in [2.75, 3.05) is 6.61 Å². The lowest BCUT2D eigenvalue weighted by Gasteiger charge is -2.07. The van der Waals surface area contributed by atoms with Crippen LogP contribution in [-0.4, -0.2) is 28.9 Å². The highest BCUT2D eigenvalue weighted by Gasteiger charge is 2.11. The van der Waals surface area contributed by atoms with E-state index in [2.05, 4.69) is 15.9 Å². The minimum Gasteiger partial charge on any atom is -0.494 e. The van der Waals surface area contributed by atoms with Gasteiger partial charge in [0.15, 0.2) is 6.10 Å². The Morgan fingerprint density at radius 1 is 1.38 bits per heavy atom. The second-order valence-electron chi connectivity index (χ2n) is 3.30. The van der Waals surface area contributed by atoms with Gasteiger partial charge in [-0.2, -0.15) is 0 Å². The van der Waals surface area contributed by atoms with Gasteiger partial charge in [0, 0.05) is 4.47 Å². The number of carbonyl (C=O) groups is 1. The summed E-state index contributed by atoms with van der Waals surface area (Å²) >= 11 is 3.31. The van der Waals surface area contributed by atoms with Crippen LogP contribution in [0, 0.1) is 0 Å². The molecule has 0 saturated carbocycles. The zero-order valence-electron chi connectivity index (χ0n) is 8.60.